The summed E-state index contributed by atoms with van der Waals surface area (Å²) in [4.78, 5) is 0. The molecule has 1 aromatic carbocycles. The van der Waals surface area contributed by atoms with Crippen molar-refractivity contribution in [3.05, 3.63) is 29.6 Å². The summed E-state index contributed by atoms with van der Waals surface area (Å²) in [5.74, 6) is 0.222. The van der Waals surface area contributed by atoms with Crippen LogP contribution in [0.2, 0.25) is 0 Å². The van der Waals surface area contributed by atoms with Crippen molar-refractivity contribution in [1.82, 2.24) is 4.72 Å². The van der Waals surface area contributed by atoms with Crippen LogP contribution in [0.5, 0.6) is 5.75 Å². The minimum atomic E-state index is -3.45. The van der Waals surface area contributed by atoms with Gasteiger partial charge in [0.25, 0.3) is 0 Å². The van der Waals surface area contributed by atoms with Crippen LogP contribution in [0, 0.1) is 11.7 Å². The van der Waals surface area contributed by atoms with Gasteiger partial charge in [0, 0.05) is 0 Å². The number of hydrogen-bond donors (Lipinski definition) is 2. The Hall–Kier alpha value is -1.18. The van der Waals surface area contributed by atoms with Crippen molar-refractivity contribution < 1.29 is 17.5 Å². The first kappa shape index (κ1) is 18.2. The van der Waals surface area contributed by atoms with Crippen molar-refractivity contribution in [1.29, 1.82) is 0 Å². The quantitative estimate of drug-likeness (QED) is 0.719. The first-order chi connectivity index (χ1) is 10.7. The molecule has 1 saturated carbocycles. The third kappa shape index (κ3) is 5.44. The van der Waals surface area contributed by atoms with E-state index in [-0.39, 0.29) is 11.5 Å². The third-order valence-corrected chi connectivity index (χ3v) is 5.50. The zero-order valence-corrected chi connectivity index (χ0v) is 14.5. The molecule has 0 saturated heterocycles. The second kappa shape index (κ2) is 7.15. The van der Waals surface area contributed by atoms with Gasteiger partial charge < -0.3 is 10.5 Å². The molecular weight excluding hydrogens is 319 g/mol. The summed E-state index contributed by atoms with van der Waals surface area (Å²) in [6, 6.07) is 4.46. The molecule has 0 radical (unpaired) electrons. The second-order valence-corrected chi connectivity index (χ2v) is 8.43. The summed E-state index contributed by atoms with van der Waals surface area (Å²) >= 11 is 0. The first-order valence-electron chi connectivity index (χ1n) is 7.88. The van der Waals surface area contributed by atoms with E-state index in [1.807, 2.05) is 0 Å². The SMILES string of the molecule is CC(C)(NS(=O)(=O)CCCN)c1ccc(F)c(OCC2CC2)c1. The minimum absolute atomic E-state index is 0.0286. The second-order valence-electron chi connectivity index (χ2n) is 6.59. The molecule has 1 aromatic rings. The number of ether oxygens (including phenoxy) is 1. The minimum Gasteiger partial charge on any atom is -0.490 e. The smallest absolute Gasteiger partial charge is 0.212 e. The van der Waals surface area contributed by atoms with Gasteiger partial charge in [0.05, 0.1) is 17.9 Å². The molecule has 0 aliphatic heterocycles. The van der Waals surface area contributed by atoms with E-state index >= 15 is 0 Å². The van der Waals surface area contributed by atoms with Crippen molar-refractivity contribution in [2.75, 3.05) is 18.9 Å². The normalized spacial score (nSPS) is 15.7. The molecule has 0 aromatic heterocycles. The maximum absolute atomic E-state index is 13.9. The van der Waals surface area contributed by atoms with Gasteiger partial charge in [-0.15, -0.1) is 0 Å². The van der Waals surface area contributed by atoms with Crippen molar-refractivity contribution in [3.8, 4) is 5.75 Å². The van der Waals surface area contributed by atoms with E-state index in [1.165, 1.54) is 6.07 Å². The Balaban J connectivity index is 2.12. The summed E-state index contributed by atoms with van der Waals surface area (Å²) in [5, 5.41) is 0. The Morgan fingerprint density at radius 1 is 1.39 bits per heavy atom. The highest BCUT2D eigenvalue weighted by molar-refractivity contribution is 7.89. The van der Waals surface area contributed by atoms with Gasteiger partial charge in [-0.1, -0.05) is 6.07 Å². The van der Waals surface area contributed by atoms with E-state index in [0.717, 1.165) is 12.8 Å². The molecule has 130 valence electrons. The number of sulfonamides is 1. The van der Waals surface area contributed by atoms with Gasteiger partial charge in [0.15, 0.2) is 11.6 Å². The topological polar surface area (TPSA) is 81.4 Å². The lowest BCUT2D eigenvalue weighted by Crippen LogP contribution is -2.42. The van der Waals surface area contributed by atoms with E-state index in [4.69, 9.17) is 10.5 Å². The van der Waals surface area contributed by atoms with Crippen LogP contribution in [0.3, 0.4) is 0 Å². The van der Waals surface area contributed by atoms with Gasteiger partial charge in [-0.05, 0) is 63.3 Å². The number of halogens is 1. The summed E-state index contributed by atoms with van der Waals surface area (Å²) in [7, 11) is -3.45. The summed E-state index contributed by atoms with van der Waals surface area (Å²) in [5.41, 5.74) is 5.15. The van der Waals surface area contributed by atoms with Gasteiger partial charge in [0.1, 0.15) is 0 Å². The van der Waals surface area contributed by atoms with Gasteiger partial charge >= 0.3 is 0 Å². The lowest BCUT2D eigenvalue weighted by molar-refractivity contribution is 0.284. The Morgan fingerprint density at radius 2 is 2.09 bits per heavy atom. The van der Waals surface area contributed by atoms with Gasteiger partial charge in [-0.3, -0.25) is 0 Å². The fraction of sp³-hybridized carbons (Fsp3) is 0.625. The monoisotopic (exact) mass is 344 g/mol. The maximum Gasteiger partial charge on any atom is 0.212 e. The van der Waals surface area contributed by atoms with Gasteiger partial charge in [-0.2, -0.15) is 0 Å². The lowest BCUT2D eigenvalue weighted by atomic mass is 9.95. The predicted molar refractivity (Wildman–Crippen MR) is 88.2 cm³/mol. The van der Waals surface area contributed by atoms with Crippen LogP contribution in [0.4, 0.5) is 4.39 Å². The average molecular weight is 344 g/mol. The van der Waals surface area contributed by atoms with Gasteiger partial charge in [-0.25, -0.2) is 17.5 Å². The van der Waals surface area contributed by atoms with E-state index in [0.29, 0.717) is 31.1 Å². The summed E-state index contributed by atoms with van der Waals surface area (Å²) < 4.78 is 46.2. The molecule has 1 aliphatic carbocycles. The zero-order valence-electron chi connectivity index (χ0n) is 13.6. The molecular formula is C16H25FN2O3S. The number of nitrogens with two attached hydrogens (primary N) is 1. The highest BCUT2D eigenvalue weighted by Gasteiger charge is 2.28. The standard InChI is InChI=1S/C16H25FN2O3S/c1-16(2,19-23(20,21)9-3-8-18)13-6-7-14(17)15(10-13)22-11-12-4-5-12/h6-7,10,12,19H,3-5,8-9,11,18H2,1-2H3. The van der Waals surface area contributed by atoms with E-state index in [1.54, 1.807) is 26.0 Å². The molecule has 5 nitrogen and oxygen atoms in total. The number of benzene rings is 1. The third-order valence-electron chi connectivity index (χ3n) is 3.85. The fourth-order valence-electron chi connectivity index (χ4n) is 2.27. The van der Waals surface area contributed by atoms with Crippen molar-refractivity contribution in [3.63, 3.8) is 0 Å². The van der Waals surface area contributed by atoms with Crippen LogP contribution >= 0.6 is 0 Å². The predicted octanol–water partition coefficient (Wildman–Crippen LogP) is 2.12. The highest BCUT2D eigenvalue weighted by Crippen LogP contribution is 2.32. The molecule has 0 spiro atoms. The summed E-state index contributed by atoms with van der Waals surface area (Å²) in [6.07, 6.45) is 2.63. The van der Waals surface area contributed by atoms with Crippen LogP contribution < -0.4 is 15.2 Å². The van der Waals surface area contributed by atoms with E-state index < -0.39 is 21.4 Å². The largest absolute Gasteiger partial charge is 0.490 e. The number of hydrogen-bond acceptors (Lipinski definition) is 4. The Bertz CT molecular complexity index is 643. The fourth-order valence-corrected chi connectivity index (χ4v) is 3.81. The zero-order chi connectivity index (χ0) is 17.1. The Morgan fingerprint density at radius 3 is 2.70 bits per heavy atom. The van der Waals surface area contributed by atoms with Crippen molar-refractivity contribution in [2.45, 2.75) is 38.6 Å². The molecule has 2 rings (SSSR count). The molecule has 7 heteroatoms. The van der Waals surface area contributed by atoms with Crippen LogP contribution in [-0.2, 0) is 15.6 Å². The molecule has 1 fully saturated rings. The molecule has 0 bridgehead atoms. The van der Waals surface area contributed by atoms with Crippen LogP contribution in [-0.4, -0.2) is 27.3 Å². The van der Waals surface area contributed by atoms with Gasteiger partial charge in [0.2, 0.25) is 10.0 Å². The van der Waals surface area contributed by atoms with Crippen LogP contribution in [0.1, 0.15) is 38.7 Å². The molecule has 0 heterocycles. The molecule has 0 unspecified atom stereocenters. The molecule has 0 atom stereocenters. The number of rotatable bonds is 9. The van der Waals surface area contributed by atoms with E-state index in [2.05, 4.69) is 4.72 Å². The highest BCUT2D eigenvalue weighted by atomic mass is 32.2. The molecule has 3 N–H and O–H groups in total. The van der Waals surface area contributed by atoms with Crippen LogP contribution in [0.25, 0.3) is 0 Å². The van der Waals surface area contributed by atoms with E-state index in [9.17, 15) is 12.8 Å². The van der Waals surface area contributed by atoms with Crippen molar-refractivity contribution in [2.24, 2.45) is 11.7 Å². The van der Waals surface area contributed by atoms with Crippen LogP contribution in [0.15, 0.2) is 18.2 Å². The average Bonchev–Trinajstić information content (AvgIpc) is 3.27. The molecule has 23 heavy (non-hydrogen) atoms. The Kier molecular flexibility index (Phi) is 5.65. The molecule has 1 aliphatic rings. The lowest BCUT2D eigenvalue weighted by Gasteiger charge is -2.27. The maximum atomic E-state index is 13.9. The first-order valence-corrected chi connectivity index (χ1v) is 9.53. The van der Waals surface area contributed by atoms with Crippen molar-refractivity contribution >= 4 is 10.0 Å². The summed E-state index contributed by atoms with van der Waals surface area (Å²) in [6.45, 7) is 4.30. The number of nitrogens with one attached hydrogen (secondary N) is 1. The Labute approximate surface area is 137 Å². The molecule has 0 amide bonds.